The summed E-state index contributed by atoms with van der Waals surface area (Å²) in [6.07, 6.45) is 1.40. The molecule has 0 saturated heterocycles. The first kappa shape index (κ1) is 24.6. The second-order valence-corrected chi connectivity index (χ2v) is 8.91. The van der Waals surface area contributed by atoms with E-state index in [0.717, 1.165) is 11.1 Å². The number of amides is 1. The summed E-state index contributed by atoms with van der Waals surface area (Å²) in [6.45, 7) is 5.82. The number of nitriles is 1. The average molecular weight is 477 g/mol. The van der Waals surface area contributed by atoms with E-state index in [1.54, 1.807) is 37.3 Å². The molecule has 0 aromatic heterocycles. The van der Waals surface area contributed by atoms with Gasteiger partial charge in [0.1, 0.15) is 16.5 Å². The Morgan fingerprint density at radius 3 is 2.44 bits per heavy atom. The van der Waals surface area contributed by atoms with Crippen LogP contribution < -0.4 is 14.2 Å². The number of hydrogen-bond acceptors (Lipinski definition) is 6. The summed E-state index contributed by atoms with van der Waals surface area (Å²) in [5, 5.41) is 12.3. The normalized spacial score (nSPS) is 11.4. The molecular formula is C26H24N2O5S. The highest BCUT2D eigenvalue weighted by Gasteiger charge is 2.19. The Kier molecular flexibility index (Phi) is 7.71. The van der Waals surface area contributed by atoms with Crippen molar-refractivity contribution >= 4 is 27.8 Å². The number of carbonyl (C=O) groups is 1. The van der Waals surface area contributed by atoms with Crippen LogP contribution in [0.15, 0.2) is 77.2 Å². The van der Waals surface area contributed by atoms with Gasteiger partial charge in [0.2, 0.25) is 0 Å². The van der Waals surface area contributed by atoms with Gasteiger partial charge in [0, 0.05) is 5.69 Å². The molecule has 0 spiro atoms. The van der Waals surface area contributed by atoms with Crippen molar-refractivity contribution in [3.05, 3.63) is 89.0 Å². The molecule has 0 aliphatic carbocycles. The Bertz CT molecular complexity index is 1370. The Hall–Kier alpha value is -4.09. The largest absolute Gasteiger partial charge is 0.490 e. The molecule has 0 heterocycles. The van der Waals surface area contributed by atoms with E-state index >= 15 is 0 Å². The second-order valence-electron chi connectivity index (χ2n) is 7.36. The van der Waals surface area contributed by atoms with Crippen LogP contribution in [0.2, 0.25) is 0 Å². The quantitative estimate of drug-likeness (QED) is 0.278. The van der Waals surface area contributed by atoms with Crippen molar-refractivity contribution in [2.24, 2.45) is 0 Å². The average Bonchev–Trinajstić information content (AvgIpc) is 2.82. The fourth-order valence-electron chi connectivity index (χ4n) is 3.10. The summed E-state index contributed by atoms with van der Waals surface area (Å²) in [5.41, 5.74) is 2.90. The third kappa shape index (κ3) is 5.82. The van der Waals surface area contributed by atoms with Crippen molar-refractivity contribution in [2.45, 2.75) is 25.7 Å². The summed E-state index contributed by atoms with van der Waals surface area (Å²) >= 11 is 0. The van der Waals surface area contributed by atoms with Crippen LogP contribution in [0.25, 0.3) is 6.08 Å². The van der Waals surface area contributed by atoms with Gasteiger partial charge in [-0.15, -0.1) is 0 Å². The van der Waals surface area contributed by atoms with Gasteiger partial charge in [-0.1, -0.05) is 36.4 Å². The van der Waals surface area contributed by atoms with Crippen LogP contribution in [-0.2, 0) is 14.9 Å². The molecule has 0 unspecified atom stereocenters. The van der Waals surface area contributed by atoms with Crippen LogP contribution in [0, 0.1) is 25.2 Å². The summed E-state index contributed by atoms with van der Waals surface area (Å²) < 4.78 is 36.0. The van der Waals surface area contributed by atoms with Crippen molar-refractivity contribution in [3.8, 4) is 17.6 Å². The Morgan fingerprint density at radius 1 is 1.03 bits per heavy atom. The van der Waals surface area contributed by atoms with E-state index in [9.17, 15) is 18.5 Å². The number of ether oxygens (including phenoxy) is 1. The maximum absolute atomic E-state index is 12.7. The van der Waals surface area contributed by atoms with E-state index in [2.05, 4.69) is 5.32 Å². The lowest BCUT2D eigenvalue weighted by Gasteiger charge is -2.13. The summed E-state index contributed by atoms with van der Waals surface area (Å²) in [7, 11) is -4.06. The number of carbonyl (C=O) groups excluding carboxylic acids is 1. The molecule has 0 radical (unpaired) electrons. The first-order valence-electron chi connectivity index (χ1n) is 10.5. The summed E-state index contributed by atoms with van der Waals surface area (Å²) in [6, 6.07) is 19.7. The van der Waals surface area contributed by atoms with Crippen LogP contribution in [0.1, 0.15) is 23.6 Å². The van der Waals surface area contributed by atoms with Crippen molar-refractivity contribution in [2.75, 3.05) is 11.9 Å². The molecule has 3 aromatic carbocycles. The van der Waals surface area contributed by atoms with Gasteiger partial charge in [0.15, 0.2) is 11.5 Å². The van der Waals surface area contributed by atoms with Crippen LogP contribution in [0.4, 0.5) is 5.69 Å². The zero-order valence-corrected chi connectivity index (χ0v) is 19.8. The molecule has 1 N–H and O–H groups in total. The molecule has 0 bridgehead atoms. The lowest BCUT2D eigenvalue weighted by Crippen LogP contribution is -2.14. The minimum Gasteiger partial charge on any atom is -0.490 e. The number of hydrogen-bond donors (Lipinski definition) is 1. The highest BCUT2D eigenvalue weighted by Crippen LogP contribution is 2.32. The molecule has 8 heteroatoms. The smallest absolute Gasteiger partial charge is 0.339 e. The lowest BCUT2D eigenvalue weighted by atomic mass is 10.1. The molecule has 3 rings (SSSR count). The van der Waals surface area contributed by atoms with Gasteiger partial charge in [0.05, 0.1) is 6.61 Å². The third-order valence-electron chi connectivity index (χ3n) is 5.03. The molecule has 3 aromatic rings. The second kappa shape index (κ2) is 10.7. The molecule has 34 heavy (non-hydrogen) atoms. The number of nitrogens with one attached hydrogen (secondary N) is 1. The minimum absolute atomic E-state index is 0.00111. The highest BCUT2D eigenvalue weighted by atomic mass is 32.2. The van der Waals surface area contributed by atoms with Crippen LogP contribution in [0.5, 0.6) is 11.5 Å². The monoisotopic (exact) mass is 476 g/mol. The first-order valence-corrected chi connectivity index (χ1v) is 11.9. The predicted octanol–water partition coefficient (Wildman–Crippen LogP) is 5.02. The minimum atomic E-state index is -4.06. The Labute approximate surface area is 199 Å². The van der Waals surface area contributed by atoms with Gasteiger partial charge in [-0.05, 0) is 73.9 Å². The van der Waals surface area contributed by atoms with Crippen molar-refractivity contribution < 1.29 is 22.1 Å². The van der Waals surface area contributed by atoms with Gasteiger partial charge in [-0.3, -0.25) is 4.79 Å². The van der Waals surface area contributed by atoms with Crippen LogP contribution >= 0.6 is 0 Å². The maximum atomic E-state index is 12.7. The van der Waals surface area contributed by atoms with Gasteiger partial charge < -0.3 is 14.2 Å². The maximum Gasteiger partial charge on any atom is 0.339 e. The number of benzene rings is 3. The molecule has 1 amide bonds. The van der Waals surface area contributed by atoms with E-state index in [0.29, 0.717) is 11.3 Å². The molecular weight excluding hydrogens is 452 g/mol. The predicted molar refractivity (Wildman–Crippen MR) is 130 cm³/mol. The number of rotatable bonds is 8. The SMILES string of the molecule is CCOc1cc(/C=C(\C#N)C(=O)Nc2cccc(C)c2C)ccc1OS(=O)(=O)c1ccccc1. The van der Waals surface area contributed by atoms with Gasteiger partial charge in [0.25, 0.3) is 5.91 Å². The van der Waals surface area contributed by atoms with E-state index in [1.807, 2.05) is 32.0 Å². The van der Waals surface area contributed by atoms with E-state index in [-0.39, 0.29) is 28.6 Å². The Morgan fingerprint density at radius 2 is 1.76 bits per heavy atom. The van der Waals surface area contributed by atoms with Crippen LogP contribution in [-0.4, -0.2) is 20.9 Å². The van der Waals surface area contributed by atoms with Crippen LogP contribution in [0.3, 0.4) is 0 Å². The summed E-state index contributed by atoms with van der Waals surface area (Å²) in [5.74, 6) is -0.384. The van der Waals surface area contributed by atoms with Gasteiger partial charge >= 0.3 is 10.1 Å². The molecule has 0 aliphatic rings. The molecule has 0 fully saturated rings. The van der Waals surface area contributed by atoms with E-state index < -0.39 is 16.0 Å². The molecule has 174 valence electrons. The van der Waals surface area contributed by atoms with Gasteiger partial charge in [-0.2, -0.15) is 13.7 Å². The number of nitrogens with zero attached hydrogens (tertiary/aromatic N) is 1. The zero-order chi connectivity index (χ0) is 24.7. The Balaban J connectivity index is 1.89. The topological polar surface area (TPSA) is 105 Å². The van der Waals surface area contributed by atoms with Gasteiger partial charge in [-0.25, -0.2) is 0 Å². The van der Waals surface area contributed by atoms with Crippen molar-refractivity contribution in [1.29, 1.82) is 5.26 Å². The first-order chi connectivity index (χ1) is 16.2. The highest BCUT2D eigenvalue weighted by molar-refractivity contribution is 7.87. The standard InChI is InChI=1S/C26H24N2O5S/c1-4-32-25-16-20(13-14-24(25)33-34(30,31)22-10-6-5-7-11-22)15-21(17-27)26(29)28-23-12-8-9-18(2)19(23)3/h5-16H,4H2,1-3H3,(H,28,29)/b21-15+. The number of aryl methyl sites for hydroxylation is 1. The fraction of sp³-hybridized carbons (Fsp3) is 0.154. The lowest BCUT2D eigenvalue weighted by molar-refractivity contribution is -0.112. The molecule has 0 aliphatic heterocycles. The molecule has 0 atom stereocenters. The van der Waals surface area contributed by atoms with Crippen molar-refractivity contribution in [3.63, 3.8) is 0 Å². The third-order valence-corrected chi connectivity index (χ3v) is 6.28. The zero-order valence-electron chi connectivity index (χ0n) is 19.0. The fourth-order valence-corrected chi connectivity index (χ4v) is 4.06. The summed E-state index contributed by atoms with van der Waals surface area (Å²) in [4.78, 5) is 12.7. The molecule has 7 nitrogen and oxygen atoms in total. The number of anilines is 1. The van der Waals surface area contributed by atoms with E-state index in [1.165, 1.54) is 30.3 Å². The molecule has 0 saturated carbocycles. The van der Waals surface area contributed by atoms with E-state index in [4.69, 9.17) is 8.92 Å². The van der Waals surface area contributed by atoms with Crippen molar-refractivity contribution in [1.82, 2.24) is 0 Å².